The second-order valence-corrected chi connectivity index (χ2v) is 7.42. The van der Waals surface area contributed by atoms with Gasteiger partial charge >= 0.3 is 5.97 Å². The minimum atomic E-state index is -3.95. The summed E-state index contributed by atoms with van der Waals surface area (Å²) in [5.41, 5.74) is 0.274. The zero-order valence-corrected chi connectivity index (χ0v) is 13.8. The Hall–Kier alpha value is -1.51. The predicted molar refractivity (Wildman–Crippen MR) is 83.4 cm³/mol. The SMILES string of the molecule is CCCN(Cc1ccccc1F)S(=O)(=O)N1CCCC1C(=O)O. The fraction of sp³-hybridized carbons (Fsp3) is 0.533. The summed E-state index contributed by atoms with van der Waals surface area (Å²) in [7, 11) is -3.95. The monoisotopic (exact) mass is 344 g/mol. The number of nitrogens with zero attached hydrogens (tertiary/aromatic N) is 2. The molecule has 0 radical (unpaired) electrons. The maximum Gasteiger partial charge on any atom is 0.322 e. The summed E-state index contributed by atoms with van der Waals surface area (Å²) in [6.45, 7) is 2.10. The van der Waals surface area contributed by atoms with E-state index in [2.05, 4.69) is 0 Å². The smallest absolute Gasteiger partial charge is 0.322 e. The van der Waals surface area contributed by atoms with Crippen molar-refractivity contribution in [3.8, 4) is 0 Å². The van der Waals surface area contributed by atoms with E-state index in [1.807, 2.05) is 6.92 Å². The van der Waals surface area contributed by atoms with Gasteiger partial charge in [-0.3, -0.25) is 4.79 Å². The van der Waals surface area contributed by atoms with Crippen LogP contribution in [-0.4, -0.2) is 47.2 Å². The fourth-order valence-corrected chi connectivity index (χ4v) is 4.64. The average Bonchev–Trinajstić information content (AvgIpc) is 2.99. The highest BCUT2D eigenvalue weighted by atomic mass is 32.2. The highest BCUT2D eigenvalue weighted by Crippen LogP contribution is 2.25. The van der Waals surface area contributed by atoms with Gasteiger partial charge in [-0.2, -0.15) is 17.0 Å². The van der Waals surface area contributed by atoms with Crippen LogP contribution >= 0.6 is 0 Å². The summed E-state index contributed by atoms with van der Waals surface area (Å²) in [6.07, 6.45) is 1.36. The molecular formula is C15H21FN2O4S. The Morgan fingerprint density at radius 2 is 2.13 bits per heavy atom. The number of rotatable bonds is 7. The molecule has 1 fully saturated rings. The standard InChI is InChI=1S/C15H21FN2O4S/c1-2-9-17(11-12-6-3-4-7-13(12)16)23(21,22)18-10-5-8-14(18)15(19)20/h3-4,6-7,14H,2,5,8-11H2,1H3,(H,19,20). The van der Waals surface area contributed by atoms with Crippen molar-refractivity contribution < 1.29 is 22.7 Å². The lowest BCUT2D eigenvalue weighted by molar-refractivity contribution is -0.140. The predicted octanol–water partition coefficient (Wildman–Crippen LogP) is 1.83. The van der Waals surface area contributed by atoms with Crippen LogP contribution in [0, 0.1) is 5.82 Å². The second kappa shape index (κ2) is 7.37. The van der Waals surface area contributed by atoms with Crippen molar-refractivity contribution in [1.82, 2.24) is 8.61 Å². The van der Waals surface area contributed by atoms with E-state index in [9.17, 15) is 22.7 Å². The van der Waals surface area contributed by atoms with E-state index in [4.69, 9.17) is 0 Å². The molecule has 0 spiro atoms. The van der Waals surface area contributed by atoms with Gasteiger partial charge in [0, 0.05) is 25.2 Å². The Bertz CT molecular complexity index is 665. The van der Waals surface area contributed by atoms with Crippen molar-refractivity contribution in [3.63, 3.8) is 0 Å². The molecule has 1 unspecified atom stereocenters. The van der Waals surface area contributed by atoms with Crippen molar-refractivity contribution >= 4 is 16.2 Å². The van der Waals surface area contributed by atoms with Gasteiger partial charge < -0.3 is 5.11 Å². The zero-order valence-electron chi connectivity index (χ0n) is 13.0. The van der Waals surface area contributed by atoms with Gasteiger partial charge in [-0.15, -0.1) is 0 Å². The number of benzene rings is 1. The first-order valence-electron chi connectivity index (χ1n) is 7.61. The summed E-state index contributed by atoms with van der Waals surface area (Å²) in [4.78, 5) is 11.3. The highest BCUT2D eigenvalue weighted by molar-refractivity contribution is 7.86. The van der Waals surface area contributed by atoms with E-state index < -0.39 is 28.0 Å². The van der Waals surface area contributed by atoms with Crippen molar-refractivity contribution in [3.05, 3.63) is 35.6 Å². The van der Waals surface area contributed by atoms with Crippen LogP contribution in [0.25, 0.3) is 0 Å². The summed E-state index contributed by atoms with van der Waals surface area (Å²) >= 11 is 0. The van der Waals surface area contributed by atoms with Crippen molar-refractivity contribution in [2.24, 2.45) is 0 Å². The third kappa shape index (κ3) is 3.88. The first-order chi connectivity index (χ1) is 10.9. The number of carboxylic acid groups (broad SMARTS) is 1. The van der Waals surface area contributed by atoms with Crippen LogP contribution in [0.5, 0.6) is 0 Å². The summed E-state index contributed by atoms with van der Waals surface area (Å²) < 4.78 is 41.6. The Balaban J connectivity index is 2.28. The van der Waals surface area contributed by atoms with Crippen LogP contribution in [-0.2, 0) is 21.5 Å². The Morgan fingerprint density at radius 3 is 2.74 bits per heavy atom. The fourth-order valence-electron chi connectivity index (χ4n) is 2.75. The molecule has 1 aromatic carbocycles. The molecule has 0 aliphatic carbocycles. The van der Waals surface area contributed by atoms with Crippen LogP contribution in [0.4, 0.5) is 4.39 Å². The van der Waals surface area contributed by atoms with Gasteiger partial charge in [-0.25, -0.2) is 4.39 Å². The van der Waals surface area contributed by atoms with Crippen LogP contribution in [0.15, 0.2) is 24.3 Å². The molecule has 1 aromatic rings. The van der Waals surface area contributed by atoms with E-state index in [0.29, 0.717) is 19.3 Å². The first-order valence-corrected chi connectivity index (χ1v) is 9.00. The van der Waals surface area contributed by atoms with Gasteiger partial charge in [0.1, 0.15) is 11.9 Å². The summed E-state index contributed by atoms with van der Waals surface area (Å²) in [6, 6.07) is 4.96. The Kier molecular flexibility index (Phi) is 5.72. The van der Waals surface area contributed by atoms with Crippen molar-refractivity contribution in [1.29, 1.82) is 0 Å². The van der Waals surface area contributed by atoms with Crippen molar-refractivity contribution in [2.45, 2.75) is 38.8 Å². The van der Waals surface area contributed by atoms with E-state index >= 15 is 0 Å². The third-order valence-electron chi connectivity index (χ3n) is 3.89. The molecule has 1 aliphatic rings. The normalized spacial score (nSPS) is 19.3. The van der Waals surface area contributed by atoms with Gasteiger partial charge in [0.25, 0.3) is 10.2 Å². The van der Waals surface area contributed by atoms with E-state index in [0.717, 1.165) is 8.61 Å². The van der Waals surface area contributed by atoms with Crippen LogP contribution < -0.4 is 0 Å². The molecular weight excluding hydrogens is 323 g/mol. The molecule has 0 amide bonds. The van der Waals surface area contributed by atoms with E-state index in [1.54, 1.807) is 12.1 Å². The maximum absolute atomic E-state index is 13.8. The highest BCUT2D eigenvalue weighted by Gasteiger charge is 2.41. The first kappa shape index (κ1) is 17.8. The lowest BCUT2D eigenvalue weighted by atomic mass is 10.2. The van der Waals surface area contributed by atoms with Crippen LogP contribution in [0.2, 0.25) is 0 Å². The molecule has 23 heavy (non-hydrogen) atoms. The van der Waals surface area contributed by atoms with Gasteiger partial charge in [0.15, 0.2) is 0 Å². The number of hydrogen-bond donors (Lipinski definition) is 1. The zero-order chi connectivity index (χ0) is 17.0. The minimum absolute atomic E-state index is 0.105. The molecule has 2 rings (SSSR count). The lowest BCUT2D eigenvalue weighted by Crippen LogP contribution is -2.48. The number of halogens is 1. The molecule has 6 nitrogen and oxygen atoms in total. The largest absolute Gasteiger partial charge is 0.480 e. The van der Waals surface area contributed by atoms with Crippen LogP contribution in [0.3, 0.4) is 0 Å². The molecule has 0 bridgehead atoms. The number of carboxylic acids is 1. The molecule has 1 N–H and O–H groups in total. The Morgan fingerprint density at radius 1 is 1.43 bits per heavy atom. The summed E-state index contributed by atoms with van der Waals surface area (Å²) in [5.74, 6) is -1.62. The minimum Gasteiger partial charge on any atom is -0.480 e. The second-order valence-electron chi connectivity index (χ2n) is 5.54. The summed E-state index contributed by atoms with van der Waals surface area (Å²) in [5, 5.41) is 9.21. The third-order valence-corrected chi connectivity index (χ3v) is 5.88. The molecule has 1 saturated heterocycles. The lowest BCUT2D eigenvalue weighted by Gasteiger charge is -2.29. The molecule has 1 atom stereocenters. The molecule has 1 heterocycles. The topological polar surface area (TPSA) is 77.9 Å². The molecule has 128 valence electrons. The van der Waals surface area contributed by atoms with Gasteiger partial charge in [0.05, 0.1) is 0 Å². The number of hydrogen-bond acceptors (Lipinski definition) is 3. The molecule has 1 aliphatic heterocycles. The maximum atomic E-state index is 13.8. The number of carbonyl (C=O) groups is 1. The average molecular weight is 344 g/mol. The Labute approximate surface area is 135 Å². The quantitative estimate of drug-likeness (QED) is 0.819. The van der Waals surface area contributed by atoms with Gasteiger partial charge in [-0.1, -0.05) is 25.1 Å². The molecule has 8 heteroatoms. The van der Waals surface area contributed by atoms with Gasteiger partial charge in [-0.05, 0) is 25.3 Å². The number of aliphatic carboxylic acids is 1. The molecule has 0 aromatic heterocycles. The van der Waals surface area contributed by atoms with Crippen molar-refractivity contribution in [2.75, 3.05) is 13.1 Å². The van der Waals surface area contributed by atoms with Gasteiger partial charge in [0.2, 0.25) is 0 Å². The van der Waals surface area contributed by atoms with Crippen LogP contribution in [0.1, 0.15) is 31.7 Å². The molecule has 0 saturated carbocycles. The van der Waals surface area contributed by atoms with E-state index in [-0.39, 0.29) is 25.2 Å². The van der Waals surface area contributed by atoms with E-state index in [1.165, 1.54) is 12.1 Å².